The summed E-state index contributed by atoms with van der Waals surface area (Å²) < 4.78 is 50.7. The SMILES string of the molecule is CC(=O)C(O)[C@@H]1OC(OC(=CC(=O)C(F)(F)F)c2ccc3ccccc3c2)[C@@](O)(C(C)=O)[C@](O)(C(C)=O)[C@]1(O)C(C)=O. The number of hydrogen-bond donors (Lipinski definition) is 4. The van der Waals surface area contributed by atoms with Gasteiger partial charge in [0, 0.05) is 11.6 Å². The average Bonchev–Trinajstić information content (AvgIpc) is 2.90. The molecule has 0 amide bonds. The fraction of sp³-hybridized carbons (Fsp3) is 0.393. The minimum absolute atomic E-state index is 0.0526. The summed E-state index contributed by atoms with van der Waals surface area (Å²) in [6.07, 6.45) is -13.4. The molecule has 1 heterocycles. The minimum atomic E-state index is -5.43. The van der Waals surface area contributed by atoms with Gasteiger partial charge in [0.2, 0.25) is 17.5 Å². The van der Waals surface area contributed by atoms with Crippen LogP contribution in [0.15, 0.2) is 48.5 Å². The van der Waals surface area contributed by atoms with E-state index in [0.717, 1.165) is 6.92 Å². The highest BCUT2D eigenvalue weighted by molar-refractivity contribution is 6.06. The van der Waals surface area contributed by atoms with Gasteiger partial charge in [-0.25, -0.2) is 0 Å². The van der Waals surface area contributed by atoms with Crippen molar-refractivity contribution in [3.05, 3.63) is 54.1 Å². The Hall–Kier alpha value is -3.82. The molecule has 1 aliphatic heterocycles. The molecule has 11 nitrogen and oxygen atoms in total. The molecule has 4 N–H and O–H groups in total. The summed E-state index contributed by atoms with van der Waals surface area (Å²) in [6, 6.07) is 10.4. The molecule has 0 saturated carbocycles. The summed E-state index contributed by atoms with van der Waals surface area (Å²) in [4.78, 5) is 62.6. The Kier molecular flexibility index (Phi) is 8.65. The van der Waals surface area contributed by atoms with Crippen LogP contribution in [0.4, 0.5) is 13.2 Å². The van der Waals surface area contributed by atoms with Gasteiger partial charge in [-0.2, -0.15) is 13.2 Å². The third kappa shape index (κ3) is 5.05. The predicted molar refractivity (Wildman–Crippen MR) is 136 cm³/mol. The second-order valence-electron chi connectivity index (χ2n) is 9.91. The van der Waals surface area contributed by atoms with E-state index in [1.54, 1.807) is 24.3 Å². The third-order valence-electron chi connectivity index (χ3n) is 7.22. The number of carbonyl (C=O) groups excluding carboxylic acids is 5. The first-order chi connectivity index (χ1) is 19.2. The molecule has 0 radical (unpaired) electrons. The maximum atomic E-state index is 13.3. The molecule has 14 heteroatoms. The number of halogens is 3. The van der Waals surface area contributed by atoms with Crippen LogP contribution in [0.3, 0.4) is 0 Å². The standard InChI is InChI=1S/C28H27F3O11/c1-13(32)22(37)23-25(38,14(2)33)27(40,16(4)35)26(39,15(3)34)24(42-23)41-20(12-21(36)28(29,30)31)19-10-9-17-7-5-6-8-18(17)11-19/h5-12,22-24,37-40H,1-4H3/t22?,23-,24?,25-,26-,27-/m0/s1. The third-order valence-corrected chi connectivity index (χ3v) is 7.22. The maximum absolute atomic E-state index is 13.3. The van der Waals surface area contributed by atoms with Gasteiger partial charge in [0.1, 0.15) is 18.0 Å². The number of allylic oxidation sites excluding steroid dienone is 1. The summed E-state index contributed by atoms with van der Waals surface area (Å²) in [5.74, 6) is -9.41. The Balaban J connectivity index is 2.35. The van der Waals surface area contributed by atoms with Crippen LogP contribution >= 0.6 is 0 Å². The lowest BCUT2D eigenvalue weighted by molar-refractivity contribution is -0.362. The Morgan fingerprint density at radius 3 is 1.90 bits per heavy atom. The van der Waals surface area contributed by atoms with Crippen LogP contribution in [0, 0.1) is 0 Å². The van der Waals surface area contributed by atoms with E-state index >= 15 is 0 Å². The summed E-state index contributed by atoms with van der Waals surface area (Å²) in [7, 11) is 0. The first kappa shape index (κ1) is 32.7. The summed E-state index contributed by atoms with van der Waals surface area (Å²) in [5.41, 5.74) is -11.6. The van der Waals surface area contributed by atoms with Crippen molar-refractivity contribution >= 4 is 45.4 Å². The zero-order valence-electron chi connectivity index (χ0n) is 22.6. The van der Waals surface area contributed by atoms with Crippen molar-refractivity contribution in [3.8, 4) is 0 Å². The lowest BCUT2D eigenvalue weighted by atomic mass is 9.60. The minimum Gasteiger partial charge on any atom is -0.460 e. The molecule has 0 bridgehead atoms. The van der Waals surface area contributed by atoms with Gasteiger partial charge in [0.15, 0.2) is 28.7 Å². The van der Waals surface area contributed by atoms with Crippen LogP contribution in [0.25, 0.3) is 16.5 Å². The van der Waals surface area contributed by atoms with Gasteiger partial charge < -0.3 is 29.9 Å². The molecule has 1 aliphatic rings. The summed E-state index contributed by atoms with van der Waals surface area (Å²) in [6.45, 7) is 2.50. The Morgan fingerprint density at radius 2 is 1.43 bits per heavy atom. The highest BCUT2D eigenvalue weighted by atomic mass is 19.4. The average molecular weight is 597 g/mol. The molecule has 2 aromatic rings. The largest absolute Gasteiger partial charge is 0.460 e. The quantitative estimate of drug-likeness (QED) is 0.239. The van der Waals surface area contributed by atoms with Crippen molar-refractivity contribution in [3.63, 3.8) is 0 Å². The highest BCUT2D eigenvalue weighted by Gasteiger charge is 2.80. The van der Waals surface area contributed by atoms with E-state index in [0.29, 0.717) is 31.5 Å². The van der Waals surface area contributed by atoms with Crippen LogP contribution in [-0.2, 0) is 33.4 Å². The van der Waals surface area contributed by atoms with Gasteiger partial charge in [-0.3, -0.25) is 24.0 Å². The maximum Gasteiger partial charge on any atom is 0.454 e. The molecule has 1 saturated heterocycles. The van der Waals surface area contributed by atoms with Crippen molar-refractivity contribution in [1.29, 1.82) is 0 Å². The monoisotopic (exact) mass is 596 g/mol. The van der Waals surface area contributed by atoms with Gasteiger partial charge in [-0.15, -0.1) is 0 Å². The van der Waals surface area contributed by atoms with Gasteiger partial charge >= 0.3 is 6.18 Å². The van der Waals surface area contributed by atoms with E-state index in [4.69, 9.17) is 9.47 Å². The number of alkyl halides is 3. The topological polar surface area (TPSA) is 185 Å². The van der Waals surface area contributed by atoms with Gasteiger partial charge in [0.05, 0.1) is 0 Å². The molecule has 2 aromatic carbocycles. The van der Waals surface area contributed by atoms with Crippen molar-refractivity contribution in [2.24, 2.45) is 0 Å². The summed E-state index contributed by atoms with van der Waals surface area (Å²) >= 11 is 0. The zero-order valence-corrected chi connectivity index (χ0v) is 22.6. The Morgan fingerprint density at radius 1 is 0.881 bits per heavy atom. The van der Waals surface area contributed by atoms with E-state index in [1.165, 1.54) is 18.2 Å². The Bertz CT molecular complexity index is 1500. The lowest BCUT2D eigenvalue weighted by Crippen LogP contribution is -2.87. The fourth-order valence-electron chi connectivity index (χ4n) is 4.88. The number of ether oxygens (including phenoxy) is 2. The van der Waals surface area contributed by atoms with E-state index in [-0.39, 0.29) is 11.6 Å². The smallest absolute Gasteiger partial charge is 0.454 e. The number of aliphatic hydroxyl groups is 4. The molecule has 0 spiro atoms. The number of Topliss-reactive ketones (excluding diaryl/α,β-unsaturated/α-hetero) is 4. The van der Waals surface area contributed by atoms with Gasteiger partial charge in [0.25, 0.3) is 5.78 Å². The van der Waals surface area contributed by atoms with Gasteiger partial charge in [-0.05, 0) is 44.5 Å². The fourth-order valence-corrected chi connectivity index (χ4v) is 4.88. The lowest BCUT2D eigenvalue weighted by Gasteiger charge is -2.57. The first-order valence-corrected chi connectivity index (χ1v) is 12.3. The molecule has 0 aliphatic carbocycles. The second kappa shape index (κ2) is 11.1. The first-order valence-electron chi connectivity index (χ1n) is 12.3. The normalized spacial score (nSPS) is 29.1. The van der Waals surface area contributed by atoms with Crippen LogP contribution in [0.2, 0.25) is 0 Å². The number of hydrogen-bond acceptors (Lipinski definition) is 11. The predicted octanol–water partition coefficient (Wildman–Crippen LogP) is 0.964. The van der Waals surface area contributed by atoms with E-state index < -0.39 is 76.2 Å². The van der Waals surface area contributed by atoms with E-state index in [1.807, 2.05) is 0 Å². The molecule has 226 valence electrons. The van der Waals surface area contributed by atoms with Crippen molar-refractivity contribution in [2.45, 2.75) is 69.2 Å². The molecular formula is C28H27F3O11. The van der Waals surface area contributed by atoms with Crippen LogP contribution in [0.1, 0.15) is 33.3 Å². The number of ketones is 5. The highest BCUT2D eigenvalue weighted by Crippen LogP contribution is 2.49. The zero-order chi connectivity index (χ0) is 32.0. The van der Waals surface area contributed by atoms with Crippen LogP contribution in [-0.4, -0.2) is 90.8 Å². The molecule has 42 heavy (non-hydrogen) atoms. The molecule has 1 fully saturated rings. The Labute approximate surface area is 236 Å². The second-order valence-corrected chi connectivity index (χ2v) is 9.91. The molecule has 2 unspecified atom stereocenters. The molecular weight excluding hydrogens is 569 g/mol. The molecule has 3 rings (SSSR count). The van der Waals surface area contributed by atoms with E-state index in [2.05, 4.69) is 0 Å². The van der Waals surface area contributed by atoms with Crippen molar-refractivity contribution in [1.82, 2.24) is 0 Å². The number of carbonyl (C=O) groups is 5. The molecule has 0 aromatic heterocycles. The molecule has 6 atom stereocenters. The van der Waals surface area contributed by atoms with Crippen molar-refractivity contribution < 1.29 is 67.0 Å². The van der Waals surface area contributed by atoms with Crippen molar-refractivity contribution in [2.75, 3.05) is 0 Å². The van der Waals surface area contributed by atoms with Crippen LogP contribution in [0.5, 0.6) is 0 Å². The number of aliphatic hydroxyl groups excluding tert-OH is 1. The summed E-state index contributed by atoms with van der Waals surface area (Å²) in [5, 5.41) is 46.2. The number of fused-ring (bicyclic) bond motifs is 1. The van der Waals surface area contributed by atoms with E-state index in [9.17, 15) is 57.6 Å². The van der Waals surface area contributed by atoms with Gasteiger partial charge in [-0.1, -0.05) is 36.4 Å². The van der Waals surface area contributed by atoms with Crippen LogP contribution < -0.4 is 0 Å². The number of benzene rings is 2. The number of rotatable bonds is 9.